The second-order valence-electron chi connectivity index (χ2n) is 8.53. The Hall–Kier alpha value is -2.83. The average Bonchev–Trinajstić information content (AvgIpc) is 3.12. The third-order valence-corrected chi connectivity index (χ3v) is 7.25. The first-order valence-corrected chi connectivity index (χ1v) is 12.3. The van der Waals surface area contributed by atoms with Crippen molar-refractivity contribution in [3.8, 4) is 5.75 Å². The summed E-state index contributed by atoms with van der Waals surface area (Å²) >= 11 is 7.51. The molecule has 1 aliphatic carbocycles. The molecule has 1 aliphatic rings. The zero-order valence-corrected chi connectivity index (χ0v) is 20.5. The topological polar surface area (TPSA) is 67.4 Å². The first kappa shape index (κ1) is 23.3. The van der Waals surface area contributed by atoms with Gasteiger partial charge in [0.2, 0.25) is 0 Å². The minimum absolute atomic E-state index is 0.199. The van der Waals surface area contributed by atoms with E-state index in [4.69, 9.17) is 16.3 Å². The normalized spacial score (nSPS) is 15.9. The van der Waals surface area contributed by atoms with Gasteiger partial charge in [0, 0.05) is 15.6 Å². The Balaban J connectivity index is 1.58. The quantitative estimate of drug-likeness (QED) is 0.421. The third-order valence-electron chi connectivity index (χ3n) is 5.85. The molecule has 0 radical (unpaired) electrons. The van der Waals surface area contributed by atoms with E-state index in [-0.39, 0.29) is 11.8 Å². The number of hydrogen-bond donors (Lipinski definition) is 2. The summed E-state index contributed by atoms with van der Waals surface area (Å²) in [6, 6.07) is 14.6. The highest BCUT2D eigenvalue weighted by molar-refractivity contribution is 7.17. The molecule has 7 heteroatoms. The standard InChI is InChI=1S/C26H27ClN2O3S/c1-15-11-12-20-22(13-15)33-26(23(20)25(31)28-21-10-5-4-7-16(21)2)29-24(30)17(3)32-19-9-6-8-18(27)14-19/h4-10,14-15,17H,11-13H2,1-3H3,(H,28,31)(H,29,30)/t15-,17-/m1/s1. The van der Waals surface area contributed by atoms with Crippen molar-refractivity contribution in [3.63, 3.8) is 0 Å². The third kappa shape index (κ3) is 5.40. The number of halogens is 1. The van der Waals surface area contributed by atoms with E-state index in [0.717, 1.165) is 36.1 Å². The zero-order valence-electron chi connectivity index (χ0n) is 18.9. The molecular formula is C26H27ClN2O3S. The van der Waals surface area contributed by atoms with E-state index < -0.39 is 6.10 Å². The number of hydrogen-bond acceptors (Lipinski definition) is 4. The van der Waals surface area contributed by atoms with E-state index >= 15 is 0 Å². The monoisotopic (exact) mass is 482 g/mol. The molecule has 5 nitrogen and oxygen atoms in total. The molecule has 0 fully saturated rings. The molecule has 33 heavy (non-hydrogen) atoms. The van der Waals surface area contributed by atoms with Crippen LogP contribution in [0.2, 0.25) is 5.02 Å². The van der Waals surface area contributed by atoms with Crippen molar-refractivity contribution in [1.29, 1.82) is 0 Å². The van der Waals surface area contributed by atoms with Gasteiger partial charge in [-0.15, -0.1) is 11.3 Å². The molecule has 0 saturated carbocycles. The Bertz CT molecular complexity index is 1190. The summed E-state index contributed by atoms with van der Waals surface area (Å²) in [7, 11) is 0. The zero-order chi connectivity index (χ0) is 23.5. The predicted octanol–water partition coefficient (Wildman–Crippen LogP) is 6.49. The molecular weight excluding hydrogens is 456 g/mol. The molecule has 2 aromatic carbocycles. The number of benzene rings is 2. The van der Waals surface area contributed by atoms with Gasteiger partial charge < -0.3 is 15.4 Å². The van der Waals surface area contributed by atoms with Crippen molar-refractivity contribution in [2.24, 2.45) is 5.92 Å². The van der Waals surface area contributed by atoms with Crippen LogP contribution in [-0.4, -0.2) is 17.9 Å². The van der Waals surface area contributed by atoms with Gasteiger partial charge in [0.15, 0.2) is 6.10 Å². The minimum Gasteiger partial charge on any atom is -0.481 e. The summed E-state index contributed by atoms with van der Waals surface area (Å²) in [5, 5.41) is 7.11. The minimum atomic E-state index is -0.756. The molecule has 3 aromatic rings. The highest BCUT2D eigenvalue weighted by Crippen LogP contribution is 2.40. The summed E-state index contributed by atoms with van der Waals surface area (Å²) < 4.78 is 5.77. The number of rotatable bonds is 6. The maximum Gasteiger partial charge on any atom is 0.265 e. The molecule has 172 valence electrons. The maximum absolute atomic E-state index is 13.4. The smallest absolute Gasteiger partial charge is 0.265 e. The number of carbonyl (C=O) groups excluding carboxylic acids is 2. The van der Waals surface area contributed by atoms with Crippen LogP contribution < -0.4 is 15.4 Å². The molecule has 1 aromatic heterocycles. The molecule has 2 atom stereocenters. The predicted molar refractivity (Wildman–Crippen MR) is 135 cm³/mol. The van der Waals surface area contributed by atoms with E-state index in [9.17, 15) is 9.59 Å². The van der Waals surface area contributed by atoms with Gasteiger partial charge in [0.05, 0.1) is 5.56 Å². The largest absolute Gasteiger partial charge is 0.481 e. The van der Waals surface area contributed by atoms with E-state index in [2.05, 4.69) is 17.6 Å². The van der Waals surface area contributed by atoms with E-state index in [1.165, 1.54) is 16.2 Å². The van der Waals surface area contributed by atoms with Crippen LogP contribution in [-0.2, 0) is 17.6 Å². The highest BCUT2D eigenvalue weighted by Gasteiger charge is 2.29. The number of aryl methyl sites for hydroxylation is 1. The Kier molecular flexibility index (Phi) is 7.05. The molecule has 1 heterocycles. The molecule has 0 bridgehead atoms. The number of thiophene rings is 1. The van der Waals surface area contributed by atoms with Gasteiger partial charge in [-0.25, -0.2) is 0 Å². The van der Waals surface area contributed by atoms with Crippen LogP contribution in [0.3, 0.4) is 0 Å². The number of carbonyl (C=O) groups is 2. The SMILES string of the molecule is Cc1ccccc1NC(=O)c1c(NC(=O)[C@@H](C)Oc2cccc(Cl)c2)sc2c1CC[C@@H](C)C2. The van der Waals surface area contributed by atoms with Crippen molar-refractivity contribution in [2.75, 3.05) is 10.6 Å². The molecule has 4 rings (SSSR count). The fourth-order valence-corrected chi connectivity index (χ4v) is 5.58. The fraction of sp³-hybridized carbons (Fsp3) is 0.308. The second kappa shape index (κ2) is 9.98. The number of fused-ring (bicyclic) bond motifs is 1. The molecule has 2 amide bonds. The van der Waals surface area contributed by atoms with Crippen molar-refractivity contribution < 1.29 is 14.3 Å². The Morgan fingerprint density at radius 3 is 2.70 bits per heavy atom. The highest BCUT2D eigenvalue weighted by atomic mass is 35.5. The van der Waals surface area contributed by atoms with Crippen LogP contribution in [0.15, 0.2) is 48.5 Å². The molecule has 2 N–H and O–H groups in total. The van der Waals surface area contributed by atoms with Crippen molar-refractivity contribution >= 4 is 45.4 Å². The molecule has 0 saturated heterocycles. The molecule has 0 spiro atoms. The molecule has 0 aliphatic heterocycles. The van der Waals surface area contributed by atoms with Crippen molar-refractivity contribution in [2.45, 2.75) is 46.1 Å². The Morgan fingerprint density at radius 1 is 1.15 bits per heavy atom. The number of amides is 2. The van der Waals surface area contributed by atoms with Gasteiger partial charge in [0.25, 0.3) is 11.8 Å². The van der Waals surface area contributed by atoms with Crippen LogP contribution in [0.4, 0.5) is 10.7 Å². The van der Waals surface area contributed by atoms with Gasteiger partial charge in [-0.05, 0) is 74.4 Å². The first-order chi connectivity index (χ1) is 15.8. The van der Waals surface area contributed by atoms with Crippen LogP contribution in [0, 0.1) is 12.8 Å². The van der Waals surface area contributed by atoms with Crippen LogP contribution in [0.1, 0.15) is 46.6 Å². The lowest BCUT2D eigenvalue weighted by Gasteiger charge is -2.19. The van der Waals surface area contributed by atoms with Gasteiger partial charge >= 0.3 is 0 Å². The van der Waals surface area contributed by atoms with E-state index in [1.807, 2.05) is 31.2 Å². The number of anilines is 2. The summed E-state index contributed by atoms with van der Waals surface area (Å²) in [6.07, 6.45) is 2.01. The van der Waals surface area contributed by atoms with E-state index in [0.29, 0.717) is 27.3 Å². The lowest BCUT2D eigenvalue weighted by Crippen LogP contribution is -2.30. The molecule has 0 unspecified atom stereocenters. The number of nitrogens with one attached hydrogen (secondary N) is 2. The van der Waals surface area contributed by atoms with Gasteiger partial charge in [-0.3, -0.25) is 9.59 Å². The summed E-state index contributed by atoms with van der Waals surface area (Å²) in [5.41, 5.74) is 3.36. The Labute approximate surface area is 203 Å². The van der Waals surface area contributed by atoms with Gasteiger partial charge in [0.1, 0.15) is 10.8 Å². The number of para-hydroxylation sites is 1. The van der Waals surface area contributed by atoms with Crippen molar-refractivity contribution in [1.82, 2.24) is 0 Å². The first-order valence-electron chi connectivity index (χ1n) is 11.1. The van der Waals surface area contributed by atoms with Gasteiger partial charge in [-0.2, -0.15) is 0 Å². The lowest BCUT2D eigenvalue weighted by atomic mass is 9.88. The average molecular weight is 483 g/mol. The number of ether oxygens (including phenoxy) is 1. The van der Waals surface area contributed by atoms with Crippen LogP contribution >= 0.6 is 22.9 Å². The lowest BCUT2D eigenvalue weighted by molar-refractivity contribution is -0.122. The Morgan fingerprint density at radius 2 is 1.94 bits per heavy atom. The fourth-order valence-electron chi connectivity index (χ4n) is 3.99. The summed E-state index contributed by atoms with van der Waals surface area (Å²) in [4.78, 5) is 27.5. The summed E-state index contributed by atoms with van der Waals surface area (Å²) in [6.45, 7) is 5.85. The van der Waals surface area contributed by atoms with Crippen LogP contribution in [0.25, 0.3) is 0 Å². The second-order valence-corrected chi connectivity index (χ2v) is 10.1. The van der Waals surface area contributed by atoms with Crippen molar-refractivity contribution in [3.05, 3.63) is 75.1 Å². The summed E-state index contributed by atoms with van der Waals surface area (Å²) in [5.74, 6) is 0.556. The van der Waals surface area contributed by atoms with Gasteiger partial charge in [-0.1, -0.05) is 42.8 Å². The maximum atomic E-state index is 13.4. The van der Waals surface area contributed by atoms with Crippen LogP contribution in [0.5, 0.6) is 5.75 Å². The van der Waals surface area contributed by atoms with E-state index in [1.54, 1.807) is 31.2 Å².